The van der Waals surface area contributed by atoms with Gasteiger partial charge in [0.05, 0.1) is 0 Å². The van der Waals surface area contributed by atoms with Crippen LogP contribution in [0.4, 0.5) is 0 Å². The van der Waals surface area contributed by atoms with Gasteiger partial charge in [0.25, 0.3) is 0 Å². The topological polar surface area (TPSA) is 27.7 Å². The molecule has 0 aromatic carbocycles. The summed E-state index contributed by atoms with van der Waals surface area (Å²) in [6.45, 7) is 1.97. The summed E-state index contributed by atoms with van der Waals surface area (Å²) in [6, 6.07) is 0. The highest BCUT2D eigenvalue weighted by Crippen LogP contribution is 2.02. The first kappa shape index (κ1) is 10.7. The van der Waals surface area contributed by atoms with Gasteiger partial charge in [0.2, 0.25) is 0 Å². The second-order valence-electron chi connectivity index (χ2n) is 1.82. The highest BCUT2D eigenvalue weighted by atomic mass is 28.4. The van der Waals surface area contributed by atoms with E-state index >= 15 is 0 Å². The monoisotopic (exact) mass is 174 g/mol. The van der Waals surface area contributed by atoms with Gasteiger partial charge in [-0.1, -0.05) is 6.92 Å². The summed E-state index contributed by atoms with van der Waals surface area (Å²) in [7, 11) is 2.04. The molecule has 0 saturated carbocycles. The average molecular weight is 174 g/mol. The van der Waals surface area contributed by atoms with E-state index in [4.69, 9.17) is 13.3 Å². The molecule has 3 nitrogen and oxygen atoms in total. The molecule has 0 saturated heterocycles. The van der Waals surface area contributed by atoms with Crippen LogP contribution in [0.2, 0.25) is 0 Å². The molecule has 0 rings (SSSR count). The third-order valence-corrected chi connectivity index (χ3v) is 3.32. The van der Waals surface area contributed by atoms with E-state index in [-0.39, 0.29) is 0 Å². The van der Waals surface area contributed by atoms with Gasteiger partial charge in [0.15, 0.2) is 0 Å². The van der Waals surface area contributed by atoms with Crippen LogP contribution in [0.1, 0.15) is 13.3 Å². The van der Waals surface area contributed by atoms with Crippen LogP contribution in [0.25, 0.3) is 0 Å². The highest BCUT2D eigenvalue weighted by Gasteiger charge is 2.36. The van der Waals surface area contributed by atoms with Crippen molar-refractivity contribution < 1.29 is 13.3 Å². The zero-order chi connectivity index (χ0) is 8.74. The van der Waals surface area contributed by atoms with Crippen molar-refractivity contribution >= 4 is 8.80 Å². The summed E-state index contributed by atoms with van der Waals surface area (Å²) in [5.41, 5.74) is 2.85. The first-order valence-corrected chi connectivity index (χ1v) is 5.12. The fraction of sp³-hybridized carbons (Fsp3) is 0.714. The molecule has 0 amide bonds. The van der Waals surface area contributed by atoms with Gasteiger partial charge in [-0.3, -0.25) is 0 Å². The van der Waals surface area contributed by atoms with Crippen molar-refractivity contribution in [1.29, 1.82) is 0 Å². The van der Waals surface area contributed by atoms with Crippen molar-refractivity contribution in [3.05, 3.63) is 0 Å². The van der Waals surface area contributed by atoms with E-state index < -0.39 is 8.80 Å². The minimum absolute atomic E-state index is 0.783. The highest BCUT2D eigenvalue weighted by molar-refractivity contribution is 6.69. The molecule has 0 unspecified atom stereocenters. The minimum atomic E-state index is -2.60. The zero-order valence-electron chi connectivity index (χ0n) is 7.43. The average Bonchev–Trinajstić information content (AvgIpc) is 2.08. The number of hydrogen-bond acceptors (Lipinski definition) is 3. The molecule has 0 aliphatic heterocycles. The third-order valence-electron chi connectivity index (χ3n) is 1.22. The van der Waals surface area contributed by atoms with Gasteiger partial charge < -0.3 is 13.3 Å². The Bertz CT molecular complexity index is 147. The molecule has 0 aliphatic carbocycles. The van der Waals surface area contributed by atoms with Crippen LogP contribution in [-0.2, 0) is 13.3 Å². The van der Waals surface area contributed by atoms with Gasteiger partial charge in [-0.2, -0.15) is 0 Å². The van der Waals surface area contributed by atoms with E-state index in [0.717, 1.165) is 6.42 Å². The Hall–Kier alpha value is -0.343. The van der Waals surface area contributed by atoms with Gasteiger partial charge in [-0.05, 0) is 5.54 Å². The van der Waals surface area contributed by atoms with Gasteiger partial charge in [0, 0.05) is 27.8 Å². The predicted octanol–water partition coefficient (Wildman–Crippen LogP) is 0.817. The van der Waals surface area contributed by atoms with Gasteiger partial charge in [0.1, 0.15) is 0 Å². The molecule has 0 aliphatic rings. The van der Waals surface area contributed by atoms with Gasteiger partial charge in [-0.15, -0.1) is 5.92 Å². The fourth-order valence-electron chi connectivity index (χ4n) is 0.600. The standard InChI is InChI=1S/C7H14O3Si/c1-5-6-7-11(8-2,9-3)10-4/h5H2,1-4H3. The maximum absolute atomic E-state index is 5.06. The summed E-state index contributed by atoms with van der Waals surface area (Å²) < 4.78 is 15.2. The Morgan fingerprint density at radius 2 is 1.55 bits per heavy atom. The molecule has 0 spiro atoms. The van der Waals surface area contributed by atoms with E-state index in [1.54, 1.807) is 21.3 Å². The number of hydrogen-bond donors (Lipinski definition) is 0. The molecule has 0 aromatic heterocycles. The molecule has 0 atom stereocenters. The molecule has 0 fully saturated rings. The van der Waals surface area contributed by atoms with Crippen LogP contribution < -0.4 is 0 Å². The molecule has 11 heavy (non-hydrogen) atoms. The fourth-order valence-corrected chi connectivity index (χ4v) is 1.80. The van der Waals surface area contributed by atoms with E-state index in [0.29, 0.717) is 0 Å². The zero-order valence-corrected chi connectivity index (χ0v) is 8.43. The maximum Gasteiger partial charge on any atom is 0.590 e. The first-order chi connectivity index (χ1) is 5.24. The van der Waals surface area contributed by atoms with Crippen molar-refractivity contribution in [2.75, 3.05) is 21.3 Å². The lowest BCUT2D eigenvalue weighted by Gasteiger charge is -2.17. The Kier molecular flexibility index (Phi) is 5.16. The second-order valence-corrected chi connectivity index (χ2v) is 4.41. The lowest BCUT2D eigenvalue weighted by Crippen LogP contribution is -2.41. The predicted molar refractivity (Wildman–Crippen MR) is 44.8 cm³/mol. The molecule has 0 aromatic rings. The molecule has 64 valence electrons. The Morgan fingerprint density at radius 3 is 1.82 bits per heavy atom. The Labute approximate surface area is 69.0 Å². The van der Waals surface area contributed by atoms with E-state index in [1.165, 1.54) is 0 Å². The third kappa shape index (κ3) is 3.04. The van der Waals surface area contributed by atoms with Crippen LogP contribution in [0.15, 0.2) is 0 Å². The second kappa shape index (κ2) is 5.33. The minimum Gasteiger partial charge on any atom is -0.367 e. The molecular formula is C7H14O3Si. The van der Waals surface area contributed by atoms with Crippen molar-refractivity contribution in [2.24, 2.45) is 0 Å². The molecule has 0 radical (unpaired) electrons. The van der Waals surface area contributed by atoms with Gasteiger partial charge in [-0.25, -0.2) is 0 Å². The summed E-state index contributed by atoms with van der Waals surface area (Å²) in [5, 5.41) is 0. The molecule has 0 bridgehead atoms. The first-order valence-electron chi connectivity index (χ1n) is 3.40. The van der Waals surface area contributed by atoms with Crippen LogP contribution in [-0.4, -0.2) is 30.1 Å². The summed E-state index contributed by atoms with van der Waals surface area (Å²) in [5.74, 6) is 2.88. The number of rotatable bonds is 3. The van der Waals surface area contributed by atoms with Crippen molar-refractivity contribution in [3.63, 3.8) is 0 Å². The lowest BCUT2D eigenvalue weighted by atomic mass is 10.5. The quantitative estimate of drug-likeness (QED) is 0.468. The summed E-state index contributed by atoms with van der Waals surface area (Å²) >= 11 is 0. The van der Waals surface area contributed by atoms with Crippen LogP contribution in [0, 0.1) is 11.5 Å². The molecule has 0 N–H and O–H groups in total. The van der Waals surface area contributed by atoms with Crippen molar-refractivity contribution in [1.82, 2.24) is 0 Å². The molecular weight excluding hydrogens is 160 g/mol. The molecule has 0 heterocycles. The van der Waals surface area contributed by atoms with Crippen LogP contribution in [0.5, 0.6) is 0 Å². The summed E-state index contributed by atoms with van der Waals surface area (Å²) in [4.78, 5) is 0. The van der Waals surface area contributed by atoms with E-state index in [9.17, 15) is 0 Å². The van der Waals surface area contributed by atoms with Crippen molar-refractivity contribution in [2.45, 2.75) is 13.3 Å². The normalized spacial score (nSPS) is 10.5. The van der Waals surface area contributed by atoms with E-state index in [2.05, 4.69) is 11.5 Å². The largest absolute Gasteiger partial charge is 0.590 e. The van der Waals surface area contributed by atoms with E-state index in [1.807, 2.05) is 6.92 Å². The Balaban J connectivity index is 4.28. The maximum atomic E-state index is 5.06. The SMILES string of the molecule is CCC#C[Si](OC)(OC)OC. The smallest absolute Gasteiger partial charge is 0.367 e. The van der Waals surface area contributed by atoms with Crippen LogP contribution in [0.3, 0.4) is 0 Å². The Morgan fingerprint density at radius 1 is 1.09 bits per heavy atom. The van der Waals surface area contributed by atoms with Crippen molar-refractivity contribution in [3.8, 4) is 11.5 Å². The van der Waals surface area contributed by atoms with Crippen LogP contribution >= 0.6 is 0 Å². The van der Waals surface area contributed by atoms with Gasteiger partial charge >= 0.3 is 8.80 Å². The molecule has 4 heteroatoms. The lowest BCUT2D eigenvalue weighted by molar-refractivity contribution is 0.141. The summed E-state index contributed by atoms with van der Waals surface area (Å²) in [6.07, 6.45) is 0.783.